The maximum atomic E-state index is 12.4. The smallest absolute Gasteiger partial charge is 0.315 e. The Balaban J connectivity index is 2.58. The maximum absolute atomic E-state index is 12.4. The Morgan fingerprint density at radius 1 is 1.50 bits per heavy atom. The van der Waals surface area contributed by atoms with Crippen molar-refractivity contribution >= 4 is 5.97 Å². The SMILES string of the molecule is CC[C@]1(O)c2ccccc2C[C@]1(CCC#N)C(=O)OC. The van der Waals surface area contributed by atoms with Gasteiger partial charge in [0.05, 0.1) is 13.2 Å². The van der Waals surface area contributed by atoms with E-state index in [1.807, 2.05) is 31.2 Å². The summed E-state index contributed by atoms with van der Waals surface area (Å²) >= 11 is 0. The summed E-state index contributed by atoms with van der Waals surface area (Å²) < 4.78 is 4.95. The minimum Gasteiger partial charge on any atom is -0.468 e. The largest absolute Gasteiger partial charge is 0.468 e. The van der Waals surface area contributed by atoms with Gasteiger partial charge in [-0.3, -0.25) is 4.79 Å². The molecule has 1 aromatic carbocycles. The van der Waals surface area contributed by atoms with Crippen LogP contribution in [0.5, 0.6) is 0 Å². The fraction of sp³-hybridized carbons (Fsp3) is 0.500. The summed E-state index contributed by atoms with van der Waals surface area (Å²) in [7, 11) is 1.33. The van der Waals surface area contributed by atoms with Gasteiger partial charge in [0.25, 0.3) is 0 Å². The van der Waals surface area contributed by atoms with Crippen LogP contribution in [0.15, 0.2) is 24.3 Å². The molecule has 4 nitrogen and oxygen atoms in total. The molecule has 20 heavy (non-hydrogen) atoms. The van der Waals surface area contributed by atoms with E-state index in [-0.39, 0.29) is 6.42 Å². The Bertz CT molecular complexity index is 563. The van der Waals surface area contributed by atoms with E-state index in [2.05, 4.69) is 6.07 Å². The van der Waals surface area contributed by atoms with E-state index < -0.39 is 17.0 Å². The third-order valence-electron chi connectivity index (χ3n) is 4.50. The van der Waals surface area contributed by atoms with E-state index in [1.54, 1.807) is 0 Å². The Kier molecular flexibility index (Phi) is 3.82. The number of nitriles is 1. The second-order valence-electron chi connectivity index (χ2n) is 5.28. The Hall–Kier alpha value is -1.86. The van der Waals surface area contributed by atoms with Gasteiger partial charge < -0.3 is 9.84 Å². The molecule has 0 amide bonds. The summed E-state index contributed by atoms with van der Waals surface area (Å²) in [6.45, 7) is 1.85. The number of carbonyl (C=O) groups excluding carboxylic acids is 1. The molecule has 0 aliphatic heterocycles. The second kappa shape index (κ2) is 5.26. The minimum atomic E-state index is -1.27. The van der Waals surface area contributed by atoms with Crippen LogP contribution in [0.2, 0.25) is 0 Å². The van der Waals surface area contributed by atoms with E-state index in [9.17, 15) is 9.90 Å². The molecule has 1 aliphatic rings. The number of nitrogens with zero attached hydrogens (tertiary/aromatic N) is 1. The van der Waals surface area contributed by atoms with Gasteiger partial charge in [-0.15, -0.1) is 0 Å². The highest BCUT2D eigenvalue weighted by molar-refractivity contribution is 5.81. The van der Waals surface area contributed by atoms with Crippen molar-refractivity contribution < 1.29 is 14.6 Å². The van der Waals surface area contributed by atoms with Gasteiger partial charge in [0, 0.05) is 6.42 Å². The van der Waals surface area contributed by atoms with Gasteiger partial charge in [0.1, 0.15) is 11.0 Å². The van der Waals surface area contributed by atoms with Crippen molar-refractivity contribution in [1.29, 1.82) is 5.26 Å². The number of aliphatic hydroxyl groups is 1. The Morgan fingerprint density at radius 3 is 2.80 bits per heavy atom. The molecule has 0 bridgehead atoms. The first-order chi connectivity index (χ1) is 9.55. The maximum Gasteiger partial charge on any atom is 0.315 e. The van der Waals surface area contributed by atoms with E-state index in [1.165, 1.54) is 7.11 Å². The Morgan fingerprint density at radius 2 is 2.20 bits per heavy atom. The first-order valence-electron chi connectivity index (χ1n) is 6.82. The van der Waals surface area contributed by atoms with Gasteiger partial charge in [-0.05, 0) is 30.4 Å². The van der Waals surface area contributed by atoms with Gasteiger partial charge in [-0.25, -0.2) is 0 Å². The zero-order valence-electron chi connectivity index (χ0n) is 11.8. The van der Waals surface area contributed by atoms with Crippen molar-refractivity contribution in [2.45, 2.75) is 38.2 Å². The highest BCUT2D eigenvalue weighted by Gasteiger charge is 2.60. The Labute approximate surface area is 119 Å². The van der Waals surface area contributed by atoms with Crippen molar-refractivity contribution in [3.63, 3.8) is 0 Å². The predicted molar refractivity (Wildman–Crippen MR) is 73.6 cm³/mol. The van der Waals surface area contributed by atoms with E-state index >= 15 is 0 Å². The standard InChI is InChI=1S/C16H19NO3/c1-3-16(19)13-8-5-4-7-12(13)11-15(16,9-6-10-17)14(18)20-2/h4-5,7-8,19H,3,6,9,11H2,1-2H3/t15-,16+/m1/s1. The normalized spacial score (nSPS) is 27.7. The molecule has 0 unspecified atom stereocenters. The highest BCUT2D eigenvalue weighted by atomic mass is 16.5. The van der Waals surface area contributed by atoms with Crippen LogP contribution in [0.3, 0.4) is 0 Å². The molecule has 2 atom stereocenters. The lowest BCUT2D eigenvalue weighted by Gasteiger charge is -2.39. The van der Waals surface area contributed by atoms with Crippen molar-refractivity contribution in [2.24, 2.45) is 5.41 Å². The van der Waals surface area contributed by atoms with Gasteiger partial charge in [0.15, 0.2) is 0 Å². The van der Waals surface area contributed by atoms with Crippen LogP contribution in [-0.2, 0) is 21.6 Å². The van der Waals surface area contributed by atoms with Gasteiger partial charge >= 0.3 is 5.97 Å². The zero-order valence-corrected chi connectivity index (χ0v) is 11.8. The number of hydrogen-bond donors (Lipinski definition) is 1. The fourth-order valence-corrected chi connectivity index (χ4v) is 3.44. The molecule has 1 aromatic rings. The van der Waals surface area contributed by atoms with Crippen LogP contribution in [0.25, 0.3) is 0 Å². The molecule has 1 N–H and O–H groups in total. The summed E-state index contributed by atoms with van der Waals surface area (Å²) in [5.41, 5.74) is -0.588. The summed E-state index contributed by atoms with van der Waals surface area (Å²) in [4.78, 5) is 12.4. The number of hydrogen-bond acceptors (Lipinski definition) is 4. The first kappa shape index (κ1) is 14.5. The summed E-state index contributed by atoms with van der Waals surface area (Å²) in [5.74, 6) is -0.437. The number of rotatable bonds is 4. The third kappa shape index (κ3) is 1.82. The van der Waals surface area contributed by atoms with Crippen LogP contribution in [-0.4, -0.2) is 18.2 Å². The highest BCUT2D eigenvalue weighted by Crippen LogP contribution is 2.55. The number of benzene rings is 1. The average Bonchev–Trinajstić information content (AvgIpc) is 2.75. The molecule has 0 aromatic heterocycles. The van der Waals surface area contributed by atoms with Gasteiger partial charge in [-0.2, -0.15) is 5.26 Å². The molecule has 0 spiro atoms. The molecular formula is C16H19NO3. The summed E-state index contributed by atoms with van der Waals surface area (Å²) in [5, 5.41) is 20.1. The summed E-state index contributed by atoms with van der Waals surface area (Å²) in [6.07, 6.45) is 1.34. The molecule has 0 saturated heterocycles. The molecule has 1 aliphatic carbocycles. The summed E-state index contributed by atoms with van der Waals surface area (Å²) in [6, 6.07) is 9.60. The molecule has 0 fully saturated rings. The van der Waals surface area contributed by atoms with Crippen molar-refractivity contribution in [2.75, 3.05) is 7.11 Å². The number of fused-ring (bicyclic) bond motifs is 1. The number of carbonyl (C=O) groups is 1. The molecule has 106 valence electrons. The molecule has 2 rings (SSSR count). The lowest BCUT2D eigenvalue weighted by Crippen LogP contribution is -2.48. The molecular weight excluding hydrogens is 254 g/mol. The van der Waals surface area contributed by atoms with Crippen molar-refractivity contribution in [1.82, 2.24) is 0 Å². The molecule has 4 heteroatoms. The molecule has 0 heterocycles. The minimum absolute atomic E-state index is 0.214. The van der Waals surface area contributed by atoms with E-state index in [0.29, 0.717) is 19.3 Å². The number of ether oxygens (including phenoxy) is 1. The predicted octanol–water partition coefficient (Wildman–Crippen LogP) is 2.30. The van der Waals surface area contributed by atoms with Crippen LogP contribution in [0, 0.1) is 16.7 Å². The van der Waals surface area contributed by atoms with Crippen LogP contribution in [0.4, 0.5) is 0 Å². The van der Waals surface area contributed by atoms with Crippen LogP contribution < -0.4 is 0 Å². The van der Waals surface area contributed by atoms with Crippen molar-refractivity contribution in [3.8, 4) is 6.07 Å². The van der Waals surface area contributed by atoms with Gasteiger partial charge in [0.2, 0.25) is 0 Å². The molecule has 0 radical (unpaired) electrons. The fourth-order valence-electron chi connectivity index (χ4n) is 3.44. The quantitative estimate of drug-likeness (QED) is 0.854. The van der Waals surface area contributed by atoms with Crippen molar-refractivity contribution in [3.05, 3.63) is 35.4 Å². The monoisotopic (exact) mass is 273 g/mol. The van der Waals surface area contributed by atoms with E-state index in [4.69, 9.17) is 10.00 Å². The van der Waals surface area contributed by atoms with Crippen LogP contribution >= 0.6 is 0 Å². The topological polar surface area (TPSA) is 70.3 Å². The first-order valence-corrected chi connectivity index (χ1v) is 6.82. The number of methoxy groups -OCH3 is 1. The van der Waals surface area contributed by atoms with Gasteiger partial charge in [-0.1, -0.05) is 31.2 Å². The number of esters is 1. The lowest BCUT2D eigenvalue weighted by atomic mass is 9.68. The van der Waals surface area contributed by atoms with Crippen LogP contribution in [0.1, 0.15) is 37.3 Å². The lowest BCUT2D eigenvalue weighted by molar-refractivity contribution is -0.174. The average molecular weight is 273 g/mol. The molecule has 0 saturated carbocycles. The van der Waals surface area contributed by atoms with E-state index in [0.717, 1.165) is 11.1 Å². The zero-order chi connectivity index (χ0) is 14.8. The third-order valence-corrected chi connectivity index (χ3v) is 4.50. The second-order valence-corrected chi connectivity index (χ2v) is 5.28.